The van der Waals surface area contributed by atoms with Gasteiger partial charge in [0.05, 0.1) is 6.61 Å². The molecular weight excluding hydrogens is 202 g/mol. The van der Waals surface area contributed by atoms with Gasteiger partial charge >= 0.3 is 5.97 Å². The normalized spacial score (nSPS) is 32.4. The minimum atomic E-state index is -0.883. The van der Waals surface area contributed by atoms with Crippen LogP contribution in [0.5, 0.6) is 0 Å². The van der Waals surface area contributed by atoms with E-state index >= 15 is 0 Å². The lowest BCUT2D eigenvalue weighted by Crippen LogP contribution is -2.20. The summed E-state index contributed by atoms with van der Waals surface area (Å²) in [6.45, 7) is 0.328. The second-order valence-corrected chi connectivity index (χ2v) is 4.10. The Hall–Kier alpha value is -1.45. The van der Waals surface area contributed by atoms with Crippen molar-refractivity contribution in [2.24, 2.45) is 5.92 Å². The number of carbonyl (C=O) groups is 1. The average Bonchev–Trinajstić information content (AvgIpc) is 2.87. The molecule has 2 aliphatic rings. The third-order valence-corrected chi connectivity index (χ3v) is 3.29. The van der Waals surface area contributed by atoms with Crippen LogP contribution >= 0.6 is 0 Å². The molecule has 1 aromatic carbocycles. The van der Waals surface area contributed by atoms with E-state index in [0.29, 0.717) is 13.0 Å². The van der Waals surface area contributed by atoms with Crippen LogP contribution in [-0.4, -0.2) is 12.6 Å². The van der Waals surface area contributed by atoms with E-state index in [9.17, 15) is 13.6 Å². The molecule has 0 bridgehead atoms. The van der Waals surface area contributed by atoms with E-state index < -0.39 is 23.0 Å². The number of cyclic esters (lactones) is 1. The zero-order valence-electron chi connectivity index (χ0n) is 7.80. The molecule has 2 nitrogen and oxygen atoms in total. The van der Waals surface area contributed by atoms with E-state index in [0.717, 1.165) is 18.2 Å². The van der Waals surface area contributed by atoms with Crippen molar-refractivity contribution >= 4 is 5.97 Å². The quantitative estimate of drug-likeness (QED) is 0.660. The van der Waals surface area contributed by atoms with Crippen LogP contribution in [0.2, 0.25) is 0 Å². The molecule has 0 amide bonds. The standard InChI is InChI=1S/C11H8F2O2/c12-7-1-2-9(13)8(3-7)11-4-6(11)5-15-10(11)14/h1-3,6H,4-5H2/t6?,11-/m1/s1. The third kappa shape index (κ3) is 0.991. The molecule has 1 aliphatic heterocycles. The maximum atomic E-state index is 13.5. The zero-order valence-corrected chi connectivity index (χ0v) is 7.80. The van der Waals surface area contributed by atoms with Crippen LogP contribution in [0.3, 0.4) is 0 Å². The molecule has 1 heterocycles. The van der Waals surface area contributed by atoms with Gasteiger partial charge in [-0.2, -0.15) is 0 Å². The highest BCUT2D eigenvalue weighted by Gasteiger charge is 2.67. The van der Waals surface area contributed by atoms with E-state index in [4.69, 9.17) is 4.74 Å². The smallest absolute Gasteiger partial charge is 0.317 e. The van der Waals surface area contributed by atoms with Gasteiger partial charge in [-0.3, -0.25) is 4.79 Å². The topological polar surface area (TPSA) is 26.3 Å². The molecule has 0 spiro atoms. The minimum absolute atomic E-state index is 0.0290. The maximum absolute atomic E-state index is 13.5. The predicted molar refractivity (Wildman–Crippen MR) is 47.1 cm³/mol. The fourth-order valence-corrected chi connectivity index (χ4v) is 2.37. The van der Waals surface area contributed by atoms with Crippen LogP contribution < -0.4 is 0 Å². The molecule has 2 atom stereocenters. The van der Waals surface area contributed by atoms with Crippen molar-refractivity contribution in [3.05, 3.63) is 35.4 Å². The summed E-state index contributed by atoms with van der Waals surface area (Å²) in [6.07, 6.45) is 0.576. The lowest BCUT2D eigenvalue weighted by atomic mass is 9.94. The van der Waals surface area contributed by atoms with Crippen LogP contribution in [0.1, 0.15) is 12.0 Å². The van der Waals surface area contributed by atoms with Crippen molar-refractivity contribution in [2.45, 2.75) is 11.8 Å². The SMILES string of the molecule is O=C1OCC2C[C@@]12c1cc(F)ccc1F. The number of fused-ring (bicyclic) bond motifs is 1. The Labute approximate surface area is 84.9 Å². The number of hydrogen-bond acceptors (Lipinski definition) is 2. The Bertz CT molecular complexity index is 458. The maximum Gasteiger partial charge on any atom is 0.317 e. The van der Waals surface area contributed by atoms with Gasteiger partial charge in [0.2, 0.25) is 0 Å². The van der Waals surface area contributed by atoms with E-state index in [2.05, 4.69) is 0 Å². The van der Waals surface area contributed by atoms with Crippen molar-refractivity contribution in [2.75, 3.05) is 6.61 Å². The van der Waals surface area contributed by atoms with Crippen LogP contribution in [-0.2, 0) is 14.9 Å². The van der Waals surface area contributed by atoms with Crippen molar-refractivity contribution < 1.29 is 18.3 Å². The van der Waals surface area contributed by atoms with Gasteiger partial charge in [-0.25, -0.2) is 8.78 Å². The number of rotatable bonds is 1. The summed E-state index contributed by atoms with van der Waals surface area (Å²) in [5.74, 6) is -1.44. The largest absolute Gasteiger partial charge is 0.465 e. The first-order valence-electron chi connectivity index (χ1n) is 4.77. The number of halogens is 2. The minimum Gasteiger partial charge on any atom is -0.465 e. The first-order valence-corrected chi connectivity index (χ1v) is 4.77. The highest BCUT2D eigenvalue weighted by atomic mass is 19.1. The van der Waals surface area contributed by atoms with Crippen molar-refractivity contribution in [3.8, 4) is 0 Å². The second kappa shape index (κ2) is 2.56. The van der Waals surface area contributed by atoms with Gasteiger partial charge in [0.1, 0.15) is 17.0 Å². The summed E-state index contributed by atoms with van der Waals surface area (Å²) in [6, 6.07) is 3.20. The highest BCUT2D eigenvalue weighted by molar-refractivity contribution is 5.89. The molecular formula is C11H8F2O2. The molecule has 1 saturated heterocycles. The summed E-state index contributed by atoms with van der Waals surface area (Å²) < 4.78 is 31.3. The van der Waals surface area contributed by atoms with Crippen molar-refractivity contribution in [1.82, 2.24) is 0 Å². The molecule has 15 heavy (non-hydrogen) atoms. The summed E-state index contributed by atoms with van der Waals surface area (Å²) in [4.78, 5) is 11.5. The van der Waals surface area contributed by atoms with Crippen molar-refractivity contribution in [3.63, 3.8) is 0 Å². The van der Waals surface area contributed by atoms with Crippen LogP contribution in [0.15, 0.2) is 18.2 Å². The van der Waals surface area contributed by atoms with Crippen LogP contribution in [0.4, 0.5) is 8.78 Å². The first-order chi connectivity index (χ1) is 7.14. The van der Waals surface area contributed by atoms with Crippen LogP contribution in [0.25, 0.3) is 0 Å². The Morgan fingerprint density at radius 3 is 2.80 bits per heavy atom. The van der Waals surface area contributed by atoms with Gasteiger partial charge in [-0.15, -0.1) is 0 Å². The molecule has 1 saturated carbocycles. The fraction of sp³-hybridized carbons (Fsp3) is 0.364. The molecule has 0 N–H and O–H groups in total. The first kappa shape index (κ1) is 8.83. The van der Waals surface area contributed by atoms with E-state index in [-0.39, 0.29) is 11.5 Å². The number of esters is 1. The highest BCUT2D eigenvalue weighted by Crippen LogP contribution is 2.59. The lowest BCUT2D eigenvalue weighted by Gasteiger charge is -2.10. The zero-order chi connectivity index (χ0) is 10.6. The number of carbonyl (C=O) groups excluding carboxylic acids is 1. The van der Waals surface area contributed by atoms with Gasteiger partial charge in [0.15, 0.2) is 0 Å². The van der Waals surface area contributed by atoms with Crippen molar-refractivity contribution in [1.29, 1.82) is 0 Å². The monoisotopic (exact) mass is 210 g/mol. The predicted octanol–water partition coefficient (Wildman–Crippen LogP) is 1.78. The molecule has 0 aromatic heterocycles. The van der Waals surface area contributed by atoms with Gasteiger partial charge in [0, 0.05) is 11.5 Å². The van der Waals surface area contributed by atoms with E-state index in [1.807, 2.05) is 0 Å². The average molecular weight is 210 g/mol. The molecule has 4 heteroatoms. The Kier molecular flexibility index (Phi) is 1.51. The molecule has 2 fully saturated rings. The van der Waals surface area contributed by atoms with Crippen LogP contribution in [0, 0.1) is 17.6 Å². The molecule has 3 rings (SSSR count). The van der Waals surface area contributed by atoms with Gasteiger partial charge in [-0.05, 0) is 24.6 Å². The summed E-state index contributed by atoms with van der Waals surface area (Å²) in [5, 5.41) is 0. The number of hydrogen-bond donors (Lipinski definition) is 0. The summed E-state index contributed by atoms with van der Waals surface area (Å²) in [7, 11) is 0. The Morgan fingerprint density at radius 1 is 1.40 bits per heavy atom. The van der Waals surface area contributed by atoms with Gasteiger partial charge in [0.25, 0.3) is 0 Å². The van der Waals surface area contributed by atoms with E-state index in [1.165, 1.54) is 0 Å². The summed E-state index contributed by atoms with van der Waals surface area (Å²) >= 11 is 0. The van der Waals surface area contributed by atoms with Gasteiger partial charge in [-0.1, -0.05) is 0 Å². The molecule has 0 radical (unpaired) electrons. The van der Waals surface area contributed by atoms with E-state index in [1.54, 1.807) is 0 Å². The third-order valence-electron chi connectivity index (χ3n) is 3.29. The summed E-state index contributed by atoms with van der Waals surface area (Å²) in [5.41, 5.74) is -0.735. The molecule has 78 valence electrons. The number of ether oxygens (including phenoxy) is 1. The lowest BCUT2D eigenvalue weighted by molar-refractivity contribution is -0.142. The molecule has 1 unspecified atom stereocenters. The second-order valence-electron chi connectivity index (χ2n) is 4.10. The number of benzene rings is 1. The molecule has 1 aliphatic carbocycles. The van der Waals surface area contributed by atoms with Gasteiger partial charge < -0.3 is 4.74 Å². The Morgan fingerprint density at radius 2 is 2.20 bits per heavy atom. The fourth-order valence-electron chi connectivity index (χ4n) is 2.37. The molecule has 1 aromatic rings. The Balaban J connectivity index is 2.14.